The number of likely N-dealkylation sites (N-methyl/N-ethyl adjacent to an activating group) is 1. The predicted octanol–water partition coefficient (Wildman–Crippen LogP) is 22.1. The first-order valence-corrected chi connectivity index (χ1v) is 36.2. The summed E-state index contributed by atoms with van der Waals surface area (Å²) in [7, 11) is 1.48. The molecule has 0 bridgehead atoms. The molecule has 84 heavy (non-hydrogen) atoms. The second-order valence-corrected chi connectivity index (χ2v) is 25.8. The molecule has 2 N–H and O–H groups in total. The molecule has 0 fully saturated rings. The van der Waals surface area contributed by atoms with Gasteiger partial charge in [0.25, 0.3) is 0 Å². The largest absolute Gasteiger partial charge is 0.472 e. The monoisotopic (exact) mass is 1190 g/mol. The van der Waals surface area contributed by atoms with Gasteiger partial charge in [-0.1, -0.05) is 278 Å². The average molecular weight is 1190 g/mol. The van der Waals surface area contributed by atoms with E-state index in [2.05, 4.69) is 123 Å². The smallest absolute Gasteiger partial charge is 0.456 e. The van der Waals surface area contributed by atoms with Crippen LogP contribution in [0.2, 0.25) is 0 Å². The molecule has 0 heterocycles. The topological polar surface area (TPSA) is 111 Å². The average Bonchev–Trinajstić information content (AvgIpc) is 3.64. The Bertz CT molecular complexity index is 1810. The lowest BCUT2D eigenvalue weighted by atomic mass is 10.0. The summed E-state index contributed by atoms with van der Waals surface area (Å²) in [6.45, 7) is 6.87. The maximum absolute atomic E-state index is 13.6. The Morgan fingerprint density at radius 3 is 1.17 bits per heavy atom. The van der Waals surface area contributed by atoms with Gasteiger partial charge in [0.2, 0.25) is 5.91 Å². The van der Waals surface area contributed by atoms with Crippen LogP contribution in [0.4, 0.5) is 0 Å². The molecule has 9 nitrogen and oxygen atoms in total. The van der Waals surface area contributed by atoms with E-state index < -0.39 is 20.0 Å². The van der Waals surface area contributed by atoms with E-state index in [9.17, 15) is 19.0 Å². The second kappa shape index (κ2) is 62.7. The van der Waals surface area contributed by atoms with Crippen LogP contribution in [0.3, 0.4) is 0 Å². The molecule has 0 aromatic heterocycles. The molecule has 0 saturated heterocycles. The molecule has 0 aliphatic heterocycles. The van der Waals surface area contributed by atoms with E-state index in [-0.39, 0.29) is 31.5 Å². The number of nitrogens with one attached hydrogen (secondary N) is 1. The standard InChI is InChI=1S/C74H131N2O7P/c1-7-10-13-16-19-22-25-28-30-32-34-36-37-38-39-41-42-44-46-48-51-54-57-60-63-66-73(77)75-71(70-82-84(79,80)81-69-68-76(4,5)6)72(65-62-59-56-53-50-27-24-21-18-15-12-9-3)83-74(78)67-64-61-58-55-52-49-47-45-43-40-35-33-31-29-26-23-20-17-14-11-8-2/h10,13,19-20,22-23,28-31,34,36,38-39,42,44,62,65,71-72H,7-9,11-12,14-18,21,24-27,32-33,35,37,40-41,43,45-61,63-64,66-70H2,1-6H3,(H-,75,77,79,80)/p+1/b13-10-,22-19-,23-20-,30-28-,31-29-,36-34-,39-38-,44-42-,65-62-. The van der Waals surface area contributed by atoms with Crippen LogP contribution in [0.15, 0.2) is 109 Å². The van der Waals surface area contributed by atoms with Gasteiger partial charge in [-0.3, -0.25) is 18.6 Å². The van der Waals surface area contributed by atoms with Gasteiger partial charge >= 0.3 is 13.8 Å². The number of hydrogen-bond donors (Lipinski definition) is 2. The fraction of sp³-hybridized carbons (Fsp3) is 0.730. The number of quaternary nitrogens is 1. The third-order valence-corrected chi connectivity index (χ3v) is 15.9. The number of phosphoric ester groups is 1. The van der Waals surface area contributed by atoms with Gasteiger partial charge in [-0.25, -0.2) is 4.57 Å². The van der Waals surface area contributed by atoms with Crippen LogP contribution < -0.4 is 5.32 Å². The number of hydrogen-bond acceptors (Lipinski definition) is 6. The molecule has 10 heteroatoms. The van der Waals surface area contributed by atoms with Gasteiger partial charge in [0.05, 0.1) is 33.8 Å². The molecule has 0 aliphatic carbocycles. The van der Waals surface area contributed by atoms with E-state index in [1.54, 1.807) is 0 Å². The van der Waals surface area contributed by atoms with E-state index in [1.807, 2.05) is 33.3 Å². The van der Waals surface area contributed by atoms with Crippen molar-refractivity contribution in [2.45, 2.75) is 309 Å². The lowest BCUT2D eigenvalue weighted by Crippen LogP contribution is -2.47. The van der Waals surface area contributed by atoms with Crippen LogP contribution in [0.1, 0.15) is 297 Å². The molecular weight excluding hydrogens is 1060 g/mol. The van der Waals surface area contributed by atoms with Gasteiger partial charge in [0.1, 0.15) is 19.3 Å². The lowest BCUT2D eigenvalue weighted by molar-refractivity contribution is -0.870. The van der Waals surface area contributed by atoms with Gasteiger partial charge < -0.3 is 19.4 Å². The zero-order valence-corrected chi connectivity index (χ0v) is 56.3. The van der Waals surface area contributed by atoms with E-state index in [0.717, 1.165) is 128 Å². The summed E-state index contributed by atoms with van der Waals surface area (Å²) in [5.41, 5.74) is 0. The Morgan fingerprint density at radius 2 is 0.762 bits per heavy atom. The third kappa shape index (κ3) is 63.2. The SMILES string of the molecule is CC/C=C\C/C=C\C/C=C\C/C=C\C/C=C\C/C=C\CCCCCCCCC(=O)NC(COP(=O)(O)OCC[N+](C)(C)C)C(/C=C\CCCCCCCCCCCC)OC(=O)CCCCCCCCCCCCC/C=C\C/C=C\CCCCC. The summed E-state index contributed by atoms with van der Waals surface area (Å²) in [4.78, 5) is 37.9. The number of amides is 1. The summed E-state index contributed by atoms with van der Waals surface area (Å²) in [5, 5.41) is 3.06. The zero-order chi connectivity index (χ0) is 61.4. The van der Waals surface area contributed by atoms with Crippen molar-refractivity contribution in [2.24, 2.45) is 0 Å². The summed E-state index contributed by atoms with van der Waals surface area (Å²) >= 11 is 0. The highest BCUT2D eigenvalue weighted by molar-refractivity contribution is 7.47. The van der Waals surface area contributed by atoms with Gasteiger partial charge in [-0.05, 0) is 115 Å². The molecule has 0 aromatic rings. The molecule has 1 amide bonds. The lowest BCUT2D eigenvalue weighted by Gasteiger charge is -2.27. The number of unbranched alkanes of at least 4 members (excludes halogenated alkanes) is 30. The Labute approximate surface area is 519 Å². The molecule has 0 radical (unpaired) electrons. The predicted molar refractivity (Wildman–Crippen MR) is 364 cm³/mol. The highest BCUT2D eigenvalue weighted by Gasteiger charge is 2.30. The summed E-state index contributed by atoms with van der Waals surface area (Å²) < 4.78 is 30.8. The molecule has 484 valence electrons. The van der Waals surface area contributed by atoms with Crippen LogP contribution in [0, 0.1) is 0 Å². The van der Waals surface area contributed by atoms with Crippen LogP contribution >= 0.6 is 7.82 Å². The molecule has 0 rings (SSSR count). The number of esters is 1. The molecule has 3 unspecified atom stereocenters. The van der Waals surface area contributed by atoms with Gasteiger partial charge in [0.15, 0.2) is 0 Å². The Kier molecular flexibility index (Phi) is 60.2. The minimum absolute atomic E-state index is 0.0320. The minimum atomic E-state index is -4.46. The number of rotatable bonds is 62. The van der Waals surface area contributed by atoms with Crippen molar-refractivity contribution in [3.05, 3.63) is 109 Å². The minimum Gasteiger partial charge on any atom is -0.456 e. The second-order valence-electron chi connectivity index (χ2n) is 24.3. The first-order chi connectivity index (χ1) is 40.9. The number of ether oxygens (including phenoxy) is 1. The quantitative estimate of drug-likeness (QED) is 0.0205. The van der Waals surface area contributed by atoms with E-state index in [1.165, 1.54) is 135 Å². The highest BCUT2D eigenvalue weighted by Crippen LogP contribution is 2.43. The highest BCUT2D eigenvalue weighted by atomic mass is 31.2. The number of carbonyl (C=O) groups is 2. The zero-order valence-electron chi connectivity index (χ0n) is 55.4. The van der Waals surface area contributed by atoms with Crippen molar-refractivity contribution < 1.29 is 37.3 Å². The summed E-state index contributed by atoms with van der Waals surface area (Å²) in [6, 6.07) is -0.865. The number of phosphoric acid groups is 1. The van der Waals surface area contributed by atoms with Crippen LogP contribution in [0.25, 0.3) is 0 Å². The number of nitrogens with zero attached hydrogens (tertiary/aromatic N) is 1. The van der Waals surface area contributed by atoms with Crippen molar-refractivity contribution in [3.63, 3.8) is 0 Å². The fourth-order valence-corrected chi connectivity index (χ4v) is 10.4. The first kappa shape index (κ1) is 80.7. The molecule has 0 aromatic carbocycles. The Hall–Kier alpha value is -3.33. The molecule has 0 spiro atoms. The van der Waals surface area contributed by atoms with Crippen LogP contribution in [-0.2, 0) is 27.9 Å². The summed E-state index contributed by atoms with van der Waals surface area (Å²) in [6.07, 6.45) is 86.6. The number of carbonyl (C=O) groups excluding carboxylic acids is 2. The van der Waals surface area contributed by atoms with E-state index in [0.29, 0.717) is 17.4 Å². The van der Waals surface area contributed by atoms with Gasteiger partial charge in [-0.2, -0.15) is 0 Å². The fourth-order valence-electron chi connectivity index (χ4n) is 9.62. The normalized spacial score (nSPS) is 14.2. The van der Waals surface area contributed by atoms with Gasteiger partial charge in [0, 0.05) is 12.8 Å². The maximum Gasteiger partial charge on any atom is 0.472 e. The van der Waals surface area contributed by atoms with Crippen molar-refractivity contribution >= 4 is 19.7 Å². The summed E-state index contributed by atoms with van der Waals surface area (Å²) in [5.74, 6) is -0.524. The molecule has 0 aliphatic rings. The first-order valence-electron chi connectivity index (χ1n) is 34.7. The maximum atomic E-state index is 13.6. The van der Waals surface area contributed by atoms with Crippen molar-refractivity contribution in [3.8, 4) is 0 Å². The van der Waals surface area contributed by atoms with Crippen molar-refractivity contribution in [1.82, 2.24) is 5.32 Å². The van der Waals surface area contributed by atoms with Crippen molar-refractivity contribution in [2.75, 3.05) is 40.9 Å². The van der Waals surface area contributed by atoms with E-state index >= 15 is 0 Å². The molecule has 3 atom stereocenters. The van der Waals surface area contributed by atoms with Crippen LogP contribution in [0.5, 0.6) is 0 Å². The van der Waals surface area contributed by atoms with Crippen molar-refractivity contribution in [1.29, 1.82) is 0 Å². The third-order valence-electron chi connectivity index (χ3n) is 14.9. The van der Waals surface area contributed by atoms with Crippen LogP contribution in [-0.4, -0.2) is 74.3 Å². The van der Waals surface area contributed by atoms with E-state index in [4.69, 9.17) is 13.8 Å². The van der Waals surface area contributed by atoms with Gasteiger partial charge in [-0.15, -0.1) is 0 Å². The molecule has 0 saturated carbocycles. The Morgan fingerprint density at radius 1 is 0.429 bits per heavy atom. The number of allylic oxidation sites excluding steroid dienone is 17. The molecular formula is C74H132N2O7P+. The Balaban J connectivity index is 5.15.